The number of aromatic nitrogens is 2. The highest BCUT2D eigenvalue weighted by Gasteiger charge is 2.25. The number of hydrogen-bond donors (Lipinski definition) is 1. The molecular weight excluding hydrogens is 392 g/mol. The Morgan fingerprint density at radius 1 is 1.10 bits per heavy atom. The molecule has 31 heavy (non-hydrogen) atoms. The molecule has 0 radical (unpaired) electrons. The van der Waals surface area contributed by atoms with Crippen LogP contribution < -0.4 is 5.32 Å². The predicted octanol–water partition coefficient (Wildman–Crippen LogP) is 2.45. The van der Waals surface area contributed by atoms with Crippen molar-refractivity contribution in [1.29, 1.82) is 0 Å². The largest absolute Gasteiger partial charge is 0.459 e. The molecule has 0 bridgehead atoms. The predicted molar refractivity (Wildman–Crippen MR) is 119 cm³/mol. The summed E-state index contributed by atoms with van der Waals surface area (Å²) in [7, 11) is 0. The Morgan fingerprint density at radius 2 is 1.87 bits per heavy atom. The van der Waals surface area contributed by atoms with Gasteiger partial charge in [-0.3, -0.25) is 4.79 Å². The first-order valence-corrected chi connectivity index (χ1v) is 10.6. The smallest absolute Gasteiger partial charge is 0.289 e. The Bertz CT molecular complexity index is 988. The summed E-state index contributed by atoms with van der Waals surface area (Å²) in [4.78, 5) is 25.8. The van der Waals surface area contributed by atoms with Gasteiger partial charge >= 0.3 is 0 Å². The molecule has 8 heteroatoms. The second-order valence-corrected chi connectivity index (χ2v) is 7.38. The Labute approximate surface area is 182 Å². The maximum atomic E-state index is 12.5. The lowest BCUT2D eigenvalue weighted by Gasteiger charge is -2.36. The Hall–Kier alpha value is -3.55. The molecule has 3 heterocycles. The molecule has 1 N–H and O–H groups in total. The summed E-state index contributed by atoms with van der Waals surface area (Å²) in [6, 6.07) is 13.8. The summed E-state index contributed by atoms with van der Waals surface area (Å²) in [5.41, 5.74) is 1.23. The van der Waals surface area contributed by atoms with Gasteiger partial charge in [0.15, 0.2) is 11.7 Å². The minimum Gasteiger partial charge on any atom is -0.459 e. The van der Waals surface area contributed by atoms with Crippen molar-refractivity contribution >= 4 is 11.9 Å². The minimum atomic E-state index is -0.0606. The van der Waals surface area contributed by atoms with Crippen LogP contribution in [0.15, 0.2) is 70.5 Å². The van der Waals surface area contributed by atoms with Crippen molar-refractivity contribution in [2.24, 2.45) is 4.99 Å². The average molecular weight is 421 g/mol. The Morgan fingerprint density at radius 3 is 2.58 bits per heavy atom. The van der Waals surface area contributed by atoms with Gasteiger partial charge in [-0.1, -0.05) is 30.3 Å². The van der Waals surface area contributed by atoms with Gasteiger partial charge in [-0.05, 0) is 24.6 Å². The summed E-state index contributed by atoms with van der Waals surface area (Å²) in [5.74, 6) is 2.10. The van der Waals surface area contributed by atoms with Crippen LogP contribution in [0.1, 0.15) is 28.9 Å². The van der Waals surface area contributed by atoms with Crippen molar-refractivity contribution < 1.29 is 9.21 Å². The maximum absolute atomic E-state index is 12.5. The summed E-state index contributed by atoms with van der Waals surface area (Å²) in [6.07, 6.45) is 5.34. The topological polar surface area (TPSA) is 78.9 Å². The van der Waals surface area contributed by atoms with Crippen LogP contribution in [-0.2, 0) is 13.1 Å². The van der Waals surface area contributed by atoms with E-state index in [1.54, 1.807) is 12.1 Å². The molecule has 8 nitrogen and oxygen atoms in total. The van der Waals surface area contributed by atoms with E-state index in [2.05, 4.69) is 38.8 Å². The highest BCUT2D eigenvalue weighted by Crippen LogP contribution is 2.11. The normalized spacial score (nSPS) is 14.7. The number of nitrogens with one attached hydrogen (secondary N) is 1. The van der Waals surface area contributed by atoms with Gasteiger partial charge in [0.2, 0.25) is 0 Å². The van der Waals surface area contributed by atoms with Crippen LogP contribution in [0, 0.1) is 0 Å². The molecule has 0 aliphatic carbocycles. The standard InChI is InChI=1S/C23H28N6O2/c1-2-24-23(28-14-12-27(13-15-28)22(30)20-9-6-16-31-20)26-17-21-25-10-11-29(21)18-19-7-4-3-5-8-19/h3-11,16H,2,12-15,17-18H2,1H3,(H,24,26). The number of nitrogens with zero attached hydrogens (tertiary/aromatic N) is 5. The molecule has 1 aromatic carbocycles. The van der Waals surface area contributed by atoms with Gasteiger partial charge in [0.1, 0.15) is 12.4 Å². The average Bonchev–Trinajstić information content (AvgIpc) is 3.50. The van der Waals surface area contributed by atoms with Gasteiger partial charge in [-0.15, -0.1) is 0 Å². The molecule has 1 aliphatic heterocycles. The van der Waals surface area contributed by atoms with Crippen LogP contribution in [0.5, 0.6) is 0 Å². The second-order valence-electron chi connectivity index (χ2n) is 7.38. The first-order valence-electron chi connectivity index (χ1n) is 10.6. The number of hydrogen-bond acceptors (Lipinski definition) is 4. The number of rotatable bonds is 6. The van der Waals surface area contributed by atoms with E-state index in [0.29, 0.717) is 25.4 Å². The third-order valence-corrected chi connectivity index (χ3v) is 5.30. The summed E-state index contributed by atoms with van der Waals surface area (Å²) in [6.45, 7) is 6.81. The first kappa shape index (κ1) is 20.7. The molecular formula is C23H28N6O2. The third-order valence-electron chi connectivity index (χ3n) is 5.30. The van der Waals surface area contributed by atoms with Crippen LogP contribution in [0.3, 0.4) is 0 Å². The number of carbonyl (C=O) groups excluding carboxylic acids is 1. The summed E-state index contributed by atoms with van der Waals surface area (Å²) >= 11 is 0. The van der Waals surface area contributed by atoms with Gasteiger partial charge in [0.05, 0.1) is 6.26 Å². The van der Waals surface area contributed by atoms with Crippen molar-refractivity contribution in [3.05, 3.63) is 78.3 Å². The van der Waals surface area contributed by atoms with Crippen LogP contribution in [0.25, 0.3) is 0 Å². The van der Waals surface area contributed by atoms with Crippen molar-refractivity contribution in [1.82, 2.24) is 24.7 Å². The van der Waals surface area contributed by atoms with Crippen molar-refractivity contribution in [2.75, 3.05) is 32.7 Å². The number of furan rings is 1. The number of amides is 1. The van der Waals surface area contributed by atoms with Gasteiger partial charge < -0.3 is 24.1 Å². The lowest BCUT2D eigenvalue weighted by atomic mass is 10.2. The van der Waals surface area contributed by atoms with Crippen LogP contribution >= 0.6 is 0 Å². The Balaban J connectivity index is 1.38. The molecule has 1 fully saturated rings. The monoisotopic (exact) mass is 420 g/mol. The second kappa shape index (κ2) is 9.97. The molecule has 162 valence electrons. The summed E-state index contributed by atoms with van der Waals surface area (Å²) < 4.78 is 7.37. The van der Waals surface area contributed by atoms with Gasteiger partial charge in [-0.2, -0.15) is 0 Å². The number of imidazole rings is 1. The fourth-order valence-electron chi connectivity index (χ4n) is 3.66. The van der Waals surface area contributed by atoms with Crippen molar-refractivity contribution in [3.63, 3.8) is 0 Å². The van der Waals surface area contributed by atoms with E-state index in [9.17, 15) is 4.79 Å². The zero-order valence-corrected chi connectivity index (χ0v) is 17.8. The zero-order chi connectivity index (χ0) is 21.5. The maximum Gasteiger partial charge on any atom is 0.289 e. The Kier molecular flexibility index (Phi) is 6.66. The zero-order valence-electron chi connectivity index (χ0n) is 17.8. The fraction of sp³-hybridized carbons (Fsp3) is 0.348. The van der Waals surface area contributed by atoms with Gasteiger partial charge in [0.25, 0.3) is 5.91 Å². The molecule has 1 amide bonds. The lowest BCUT2D eigenvalue weighted by molar-refractivity contribution is 0.0657. The first-order chi connectivity index (χ1) is 15.2. The van der Waals surface area contributed by atoms with E-state index in [1.807, 2.05) is 35.5 Å². The summed E-state index contributed by atoms with van der Waals surface area (Å²) in [5, 5.41) is 3.37. The van der Waals surface area contributed by atoms with Crippen LogP contribution in [-0.4, -0.2) is 63.9 Å². The van der Waals surface area contributed by atoms with Crippen LogP contribution in [0.2, 0.25) is 0 Å². The fourth-order valence-corrected chi connectivity index (χ4v) is 3.66. The molecule has 1 aliphatic rings. The number of benzene rings is 1. The highest BCUT2D eigenvalue weighted by atomic mass is 16.3. The van der Waals surface area contributed by atoms with Crippen molar-refractivity contribution in [2.45, 2.75) is 20.0 Å². The molecule has 0 saturated carbocycles. The van der Waals surface area contributed by atoms with E-state index in [1.165, 1.54) is 11.8 Å². The van der Waals surface area contributed by atoms with Gasteiger partial charge in [-0.25, -0.2) is 9.98 Å². The molecule has 0 spiro atoms. The minimum absolute atomic E-state index is 0.0606. The molecule has 3 aromatic rings. The molecule has 4 rings (SSSR count). The highest BCUT2D eigenvalue weighted by molar-refractivity contribution is 5.91. The van der Waals surface area contributed by atoms with E-state index in [0.717, 1.165) is 38.0 Å². The quantitative estimate of drug-likeness (QED) is 0.490. The molecule has 2 aromatic heterocycles. The number of carbonyl (C=O) groups is 1. The number of piperazine rings is 1. The molecule has 0 unspecified atom stereocenters. The lowest BCUT2D eigenvalue weighted by Crippen LogP contribution is -2.53. The third kappa shape index (κ3) is 5.14. The molecule has 0 atom stereocenters. The van der Waals surface area contributed by atoms with Gasteiger partial charge in [0, 0.05) is 51.7 Å². The number of aliphatic imine (C=N–C) groups is 1. The number of guanidine groups is 1. The SMILES string of the molecule is CCNC(=NCc1nccn1Cc1ccccc1)N1CCN(C(=O)c2ccco2)CC1. The van der Waals surface area contributed by atoms with E-state index >= 15 is 0 Å². The molecule has 1 saturated heterocycles. The van der Waals surface area contributed by atoms with Crippen molar-refractivity contribution in [3.8, 4) is 0 Å². The van der Waals surface area contributed by atoms with E-state index in [-0.39, 0.29) is 5.91 Å². The van der Waals surface area contributed by atoms with Crippen LogP contribution in [0.4, 0.5) is 0 Å². The van der Waals surface area contributed by atoms with E-state index < -0.39 is 0 Å². The van der Waals surface area contributed by atoms with E-state index in [4.69, 9.17) is 9.41 Å².